The largest absolute Gasteiger partial charge is 0.497 e. The molecule has 0 fully saturated rings. The summed E-state index contributed by atoms with van der Waals surface area (Å²) in [6.07, 6.45) is -10.4. The lowest BCUT2D eigenvalue weighted by Crippen LogP contribution is -2.43. The van der Waals surface area contributed by atoms with E-state index in [0.717, 1.165) is 7.11 Å². The van der Waals surface area contributed by atoms with Gasteiger partial charge in [0.05, 0.1) is 25.3 Å². The third kappa shape index (κ3) is 6.37. The van der Waals surface area contributed by atoms with Crippen molar-refractivity contribution in [2.75, 3.05) is 14.2 Å². The van der Waals surface area contributed by atoms with Gasteiger partial charge in [-0.1, -0.05) is 12.1 Å². The number of methoxy groups -OCH3 is 2. The number of halogens is 6. The van der Waals surface area contributed by atoms with E-state index in [-0.39, 0.29) is 24.6 Å². The third-order valence-corrected chi connectivity index (χ3v) is 4.21. The van der Waals surface area contributed by atoms with Gasteiger partial charge in [0, 0.05) is 12.0 Å². The maximum absolute atomic E-state index is 13.0. The number of hydrogen-bond acceptors (Lipinski definition) is 4. The summed E-state index contributed by atoms with van der Waals surface area (Å²) in [4.78, 5) is 24.5. The molecule has 0 aromatic heterocycles. The van der Waals surface area contributed by atoms with Gasteiger partial charge in [0.1, 0.15) is 11.8 Å². The molecule has 0 heterocycles. The number of carbonyl (C=O) groups excluding carboxylic acids is 2. The minimum absolute atomic E-state index is 0.0924. The zero-order chi connectivity index (χ0) is 23.4. The predicted molar refractivity (Wildman–Crippen MR) is 96.4 cm³/mol. The fourth-order valence-corrected chi connectivity index (χ4v) is 2.70. The van der Waals surface area contributed by atoms with Gasteiger partial charge in [-0.15, -0.1) is 0 Å². The zero-order valence-corrected chi connectivity index (χ0v) is 16.2. The predicted octanol–water partition coefficient (Wildman–Crippen LogP) is 4.25. The van der Waals surface area contributed by atoms with Gasteiger partial charge < -0.3 is 14.8 Å². The second-order valence-corrected chi connectivity index (χ2v) is 6.40. The second-order valence-electron chi connectivity index (χ2n) is 6.40. The molecular weight excluding hydrogens is 432 g/mol. The first-order chi connectivity index (χ1) is 14.3. The fourth-order valence-electron chi connectivity index (χ4n) is 2.70. The third-order valence-electron chi connectivity index (χ3n) is 4.21. The molecule has 2 aromatic rings. The molecule has 0 saturated carbocycles. The lowest BCUT2D eigenvalue weighted by molar-refractivity contribution is -0.144. The van der Waals surface area contributed by atoms with Gasteiger partial charge >= 0.3 is 18.3 Å². The molecule has 11 heteroatoms. The van der Waals surface area contributed by atoms with Gasteiger partial charge in [0.2, 0.25) is 0 Å². The van der Waals surface area contributed by atoms with Crippen LogP contribution in [0.25, 0.3) is 0 Å². The Labute approximate surface area is 173 Å². The average molecular weight is 449 g/mol. The Morgan fingerprint density at radius 3 is 2.00 bits per heavy atom. The van der Waals surface area contributed by atoms with Crippen LogP contribution in [0.4, 0.5) is 26.3 Å². The molecule has 2 aromatic carbocycles. The Balaban J connectivity index is 2.37. The summed E-state index contributed by atoms with van der Waals surface area (Å²) in [6, 6.07) is 5.47. The van der Waals surface area contributed by atoms with Gasteiger partial charge in [-0.05, 0) is 35.9 Å². The first kappa shape index (κ1) is 24.0. The summed E-state index contributed by atoms with van der Waals surface area (Å²) in [5, 5.41) is 2.14. The van der Waals surface area contributed by atoms with E-state index in [2.05, 4.69) is 10.1 Å². The summed E-state index contributed by atoms with van der Waals surface area (Å²) in [6.45, 7) is 0. The van der Waals surface area contributed by atoms with E-state index in [9.17, 15) is 35.9 Å². The first-order valence-electron chi connectivity index (χ1n) is 8.66. The highest BCUT2D eigenvalue weighted by atomic mass is 19.4. The van der Waals surface area contributed by atoms with E-state index in [4.69, 9.17) is 4.74 Å². The molecule has 0 saturated heterocycles. The number of esters is 1. The van der Waals surface area contributed by atoms with Gasteiger partial charge in [0.25, 0.3) is 5.91 Å². The Morgan fingerprint density at radius 1 is 0.935 bits per heavy atom. The first-order valence-corrected chi connectivity index (χ1v) is 8.66. The number of amides is 1. The van der Waals surface area contributed by atoms with Crippen LogP contribution < -0.4 is 10.1 Å². The van der Waals surface area contributed by atoms with Gasteiger partial charge in [-0.25, -0.2) is 4.79 Å². The molecule has 1 atom stereocenters. The van der Waals surface area contributed by atoms with Crippen LogP contribution in [0.15, 0.2) is 42.5 Å². The van der Waals surface area contributed by atoms with Crippen LogP contribution in [-0.4, -0.2) is 32.1 Å². The molecule has 0 radical (unpaired) electrons. The van der Waals surface area contributed by atoms with Crippen molar-refractivity contribution >= 4 is 11.9 Å². The number of ether oxygens (including phenoxy) is 2. The lowest BCUT2D eigenvalue weighted by Gasteiger charge is -2.18. The van der Waals surface area contributed by atoms with Crippen molar-refractivity contribution in [1.82, 2.24) is 5.32 Å². The number of carbonyl (C=O) groups is 2. The smallest absolute Gasteiger partial charge is 0.416 e. The van der Waals surface area contributed by atoms with Crippen molar-refractivity contribution in [3.8, 4) is 5.75 Å². The van der Waals surface area contributed by atoms with Crippen molar-refractivity contribution in [2.24, 2.45) is 0 Å². The van der Waals surface area contributed by atoms with Crippen LogP contribution in [0.3, 0.4) is 0 Å². The summed E-state index contributed by atoms with van der Waals surface area (Å²) < 4.78 is 87.7. The maximum Gasteiger partial charge on any atom is 0.416 e. The zero-order valence-electron chi connectivity index (χ0n) is 16.2. The van der Waals surface area contributed by atoms with Crippen LogP contribution in [-0.2, 0) is 28.3 Å². The van der Waals surface area contributed by atoms with Gasteiger partial charge in [0.15, 0.2) is 0 Å². The topological polar surface area (TPSA) is 64.6 Å². The minimum atomic E-state index is -5.11. The SMILES string of the molecule is COC(=O)[C@@H](Cc1cccc(OC)c1)NC(=O)c1cc(C(F)(F)F)cc(C(F)(F)F)c1. The highest BCUT2D eigenvalue weighted by molar-refractivity contribution is 5.97. The highest BCUT2D eigenvalue weighted by Gasteiger charge is 2.37. The van der Waals surface area contributed by atoms with Crippen LogP contribution >= 0.6 is 0 Å². The van der Waals surface area contributed by atoms with E-state index in [1.807, 2.05) is 0 Å². The van der Waals surface area contributed by atoms with E-state index in [1.54, 1.807) is 24.3 Å². The maximum atomic E-state index is 13.0. The molecule has 0 spiro atoms. The van der Waals surface area contributed by atoms with Gasteiger partial charge in [-0.3, -0.25) is 4.79 Å². The summed E-state index contributed by atoms with van der Waals surface area (Å²) in [7, 11) is 2.43. The quantitative estimate of drug-likeness (QED) is 0.529. The average Bonchev–Trinajstić information content (AvgIpc) is 2.71. The van der Waals surface area contributed by atoms with E-state index in [1.165, 1.54) is 7.11 Å². The van der Waals surface area contributed by atoms with Crippen LogP contribution in [0, 0.1) is 0 Å². The lowest BCUT2D eigenvalue weighted by atomic mass is 10.0. The fraction of sp³-hybridized carbons (Fsp3) is 0.300. The van der Waals surface area contributed by atoms with Crippen LogP contribution in [0.1, 0.15) is 27.0 Å². The minimum Gasteiger partial charge on any atom is -0.497 e. The van der Waals surface area contributed by atoms with E-state index < -0.39 is 47.0 Å². The monoisotopic (exact) mass is 449 g/mol. The summed E-state index contributed by atoms with van der Waals surface area (Å²) in [5.41, 5.74) is -3.68. The Morgan fingerprint density at radius 2 is 1.52 bits per heavy atom. The molecule has 31 heavy (non-hydrogen) atoms. The molecule has 5 nitrogen and oxygen atoms in total. The Hall–Kier alpha value is -3.24. The van der Waals surface area contributed by atoms with Crippen LogP contribution in [0.5, 0.6) is 5.75 Å². The summed E-state index contributed by atoms with van der Waals surface area (Å²) >= 11 is 0. The molecule has 0 aliphatic carbocycles. The number of alkyl halides is 6. The second kappa shape index (κ2) is 9.27. The molecule has 0 aliphatic rings. The number of nitrogens with one attached hydrogen (secondary N) is 1. The van der Waals surface area contributed by atoms with Crippen molar-refractivity contribution in [2.45, 2.75) is 24.8 Å². The van der Waals surface area contributed by atoms with Crippen LogP contribution in [0.2, 0.25) is 0 Å². The Kier molecular flexibility index (Phi) is 7.19. The molecule has 1 N–H and O–H groups in total. The normalized spacial score (nSPS) is 12.8. The molecule has 0 bridgehead atoms. The molecule has 1 amide bonds. The molecule has 0 unspecified atom stereocenters. The van der Waals surface area contributed by atoms with Crippen molar-refractivity contribution < 1.29 is 45.4 Å². The van der Waals surface area contributed by atoms with Crippen molar-refractivity contribution in [3.63, 3.8) is 0 Å². The highest BCUT2D eigenvalue weighted by Crippen LogP contribution is 2.36. The Bertz CT molecular complexity index is 923. The number of benzene rings is 2. The standard InChI is InChI=1S/C20H17F6NO4/c1-30-15-5-3-4-11(6-15)7-16(18(29)31-2)27-17(28)12-8-13(19(21,22)23)10-14(9-12)20(24,25)26/h3-6,8-10,16H,7H2,1-2H3,(H,27,28)/t16-/m1/s1. The molecule has 2 rings (SSSR count). The van der Waals surface area contributed by atoms with Crippen molar-refractivity contribution in [1.29, 1.82) is 0 Å². The number of hydrogen-bond donors (Lipinski definition) is 1. The van der Waals surface area contributed by atoms with E-state index >= 15 is 0 Å². The molecule has 168 valence electrons. The molecule has 0 aliphatic heterocycles. The van der Waals surface area contributed by atoms with E-state index in [0.29, 0.717) is 11.3 Å². The van der Waals surface area contributed by atoms with Crippen molar-refractivity contribution in [3.05, 3.63) is 64.7 Å². The molecular formula is C20H17F6NO4. The van der Waals surface area contributed by atoms with Gasteiger partial charge in [-0.2, -0.15) is 26.3 Å². The number of rotatable bonds is 6. The summed E-state index contributed by atoms with van der Waals surface area (Å²) in [5.74, 6) is -1.78.